The van der Waals surface area contributed by atoms with Gasteiger partial charge in [0.1, 0.15) is 0 Å². The number of nitrogens with two attached hydrogens (primary N) is 1. The number of aliphatic hydroxyl groups excluding tert-OH is 1. The third kappa shape index (κ3) is 2.60. The zero-order valence-corrected chi connectivity index (χ0v) is 10.5. The number of benzene rings is 1. The Labute approximate surface area is 102 Å². The van der Waals surface area contributed by atoms with Crippen LogP contribution >= 0.6 is 11.6 Å². The zero-order chi connectivity index (χ0) is 12.2. The van der Waals surface area contributed by atoms with Gasteiger partial charge in [0.25, 0.3) is 0 Å². The fraction of sp³-hybridized carbons (Fsp3) is 0.500. The number of nitrogen functional groups attached to an aromatic ring is 1. The molecule has 0 amide bonds. The lowest BCUT2D eigenvalue weighted by Gasteiger charge is -2.32. The molecule has 1 aromatic rings. The van der Waals surface area contributed by atoms with Gasteiger partial charge in [-0.25, -0.2) is 0 Å². The second-order valence-electron chi connectivity index (χ2n) is 3.97. The Kier molecular flexibility index (Phi) is 4.44. The summed E-state index contributed by atoms with van der Waals surface area (Å²) in [6.45, 7) is 4.12. The van der Waals surface area contributed by atoms with Crippen molar-refractivity contribution in [1.29, 1.82) is 0 Å². The monoisotopic (exact) mass is 242 g/mol. The van der Waals surface area contributed by atoms with Crippen LogP contribution in [0.15, 0.2) is 18.2 Å². The van der Waals surface area contributed by atoms with Gasteiger partial charge in [0.05, 0.1) is 28.5 Å². The largest absolute Gasteiger partial charge is 0.397 e. The molecule has 0 atom stereocenters. The molecule has 4 N–H and O–H groups in total. The first-order valence-corrected chi connectivity index (χ1v) is 5.89. The maximum atomic E-state index is 9.47. The van der Waals surface area contributed by atoms with Gasteiger partial charge < -0.3 is 16.2 Å². The van der Waals surface area contributed by atoms with Crippen molar-refractivity contribution in [2.75, 3.05) is 17.7 Å². The highest BCUT2D eigenvalue weighted by atomic mass is 35.5. The standard InChI is InChI=1S/C12H19ClN2O/c1-3-12(4-2,8-16)15-11-9(13)6-5-7-10(11)14/h5-7,15-16H,3-4,8,14H2,1-2H3. The van der Waals surface area contributed by atoms with E-state index >= 15 is 0 Å². The maximum Gasteiger partial charge on any atom is 0.0768 e. The smallest absolute Gasteiger partial charge is 0.0768 e. The molecule has 0 aliphatic carbocycles. The first kappa shape index (κ1) is 13.1. The Morgan fingerprint density at radius 2 is 2.00 bits per heavy atom. The lowest BCUT2D eigenvalue weighted by molar-refractivity contribution is 0.202. The highest BCUT2D eigenvalue weighted by Crippen LogP contribution is 2.32. The molecule has 0 heterocycles. The number of aliphatic hydroxyl groups is 1. The highest BCUT2D eigenvalue weighted by Gasteiger charge is 2.26. The fourth-order valence-electron chi connectivity index (χ4n) is 1.63. The number of rotatable bonds is 5. The van der Waals surface area contributed by atoms with Crippen molar-refractivity contribution in [2.45, 2.75) is 32.2 Å². The topological polar surface area (TPSA) is 58.3 Å². The van der Waals surface area contributed by atoms with Crippen LogP contribution in [-0.2, 0) is 0 Å². The lowest BCUT2D eigenvalue weighted by Crippen LogP contribution is -2.41. The molecule has 0 spiro atoms. The molecule has 0 bridgehead atoms. The quantitative estimate of drug-likeness (QED) is 0.696. The summed E-state index contributed by atoms with van der Waals surface area (Å²) in [5.41, 5.74) is 6.83. The number of nitrogens with one attached hydrogen (secondary N) is 1. The van der Waals surface area contributed by atoms with Crippen LogP contribution in [0.1, 0.15) is 26.7 Å². The van der Waals surface area contributed by atoms with Crippen LogP contribution in [0, 0.1) is 0 Å². The molecule has 0 aliphatic rings. The van der Waals surface area contributed by atoms with Gasteiger partial charge in [-0.1, -0.05) is 31.5 Å². The van der Waals surface area contributed by atoms with E-state index in [1.54, 1.807) is 18.2 Å². The van der Waals surface area contributed by atoms with E-state index in [1.807, 2.05) is 13.8 Å². The fourth-order valence-corrected chi connectivity index (χ4v) is 1.86. The van der Waals surface area contributed by atoms with Crippen molar-refractivity contribution < 1.29 is 5.11 Å². The SMILES string of the molecule is CCC(CC)(CO)Nc1c(N)cccc1Cl. The normalized spacial score (nSPS) is 11.5. The van der Waals surface area contributed by atoms with Crippen molar-refractivity contribution in [3.8, 4) is 0 Å². The molecule has 0 saturated heterocycles. The van der Waals surface area contributed by atoms with Gasteiger partial charge >= 0.3 is 0 Å². The summed E-state index contributed by atoms with van der Waals surface area (Å²) < 4.78 is 0. The predicted molar refractivity (Wildman–Crippen MR) is 69.9 cm³/mol. The number of hydrogen-bond donors (Lipinski definition) is 3. The summed E-state index contributed by atoms with van der Waals surface area (Å²) in [7, 11) is 0. The first-order chi connectivity index (χ1) is 7.58. The van der Waals surface area contributed by atoms with Crippen LogP contribution in [0.2, 0.25) is 5.02 Å². The van der Waals surface area contributed by atoms with Crippen molar-refractivity contribution in [2.24, 2.45) is 0 Å². The second kappa shape index (κ2) is 5.41. The van der Waals surface area contributed by atoms with Crippen LogP contribution in [0.4, 0.5) is 11.4 Å². The average molecular weight is 243 g/mol. The summed E-state index contributed by atoms with van der Waals surface area (Å²) in [5, 5.41) is 13.3. The molecule has 0 aromatic heterocycles. The van der Waals surface area contributed by atoms with Gasteiger partial charge in [0.2, 0.25) is 0 Å². The number of halogens is 1. The summed E-state index contributed by atoms with van der Waals surface area (Å²) in [4.78, 5) is 0. The van der Waals surface area contributed by atoms with Gasteiger partial charge in [-0.05, 0) is 25.0 Å². The molecule has 1 rings (SSSR count). The molecule has 0 radical (unpaired) electrons. The van der Waals surface area contributed by atoms with E-state index in [1.165, 1.54) is 0 Å². The molecule has 3 nitrogen and oxygen atoms in total. The Hall–Kier alpha value is -0.930. The number of para-hydroxylation sites is 1. The molecule has 1 aromatic carbocycles. The Morgan fingerprint density at radius 1 is 1.38 bits per heavy atom. The second-order valence-corrected chi connectivity index (χ2v) is 4.38. The molecule has 0 aliphatic heterocycles. The van der Waals surface area contributed by atoms with E-state index in [0.29, 0.717) is 16.4 Å². The van der Waals surface area contributed by atoms with Crippen molar-refractivity contribution in [1.82, 2.24) is 0 Å². The third-order valence-electron chi connectivity index (χ3n) is 3.09. The number of anilines is 2. The molecule has 4 heteroatoms. The minimum Gasteiger partial charge on any atom is -0.397 e. The van der Waals surface area contributed by atoms with Crippen LogP contribution in [-0.4, -0.2) is 17.3 Å². The Balaban J connectivity index is 3.02. The molecular weight excluding hydrogens is 224 g/mol. The van der Waals surface area contributed by atoms with E-state index in [2.05, 4.69) is 5.32 Å². The van der Waals surface area contributed by atoms with Gasteiger partial charge in [0, 0.05) is 0 Å². The highest BCUT2D eigenvalue weighted by molar-refractivity contribution is 6.33. The minimum absolute atomic E-state index is 0.0602. The summed E-state index contributed by atoms with van der Waals surface area (Å²) in [6, 6.07) is 5.39. The van der Waals surface area contributed by atoms with Crippen LogP contribution in [0.3, 0.4) is 0 Å². The predicted octanol–water partition coefficient (Wildman–Crippen LogP) is 2.89. The van der Waals surface area contributed by atoms with Gasteiger partial charge in [-0.15, -0.1) is 0 Å². The number of hydrogen-bond acceptors (Lipinski definition) is 3. The summed E-state index contributed by atoms with van der Waals surface area (Å²) in [6.07, 6.45) is 1.62. The minimum atomic E-state index is -0.348. The van der Waals surface area contributed by atoms with E-state index in [9.17, 15) is 5.11 Å². The van der Waals surface area contributed by atoms with E-state index < -0.39 is 0 Å². The maximum absolute atomic E-state index is 9.47. The summed E-state index contributed by atoms with van der Waals surface area (Å²) >= 11 is 6.08. The van der Waals surface area contributed by atoms with Gasteiger partial charge in [-0.2, -0.15) is 0 Å². The van der Waals surface area contributed by atoms with Gasteiger partial charge in [-0.3, -0.25) is 0 Å². The molecule has 0 saturated carbocycles. The van der Waals surface area contributed by atoms with Crippen molar-refractivity contribution in [3.05, 3.63) is 23.2 Å². The summed E-state index contributed by atoms with van der Waals surface area (Å²) in [5.74, 6) is 0. The third-order valence-corrected chi connectivity index (χ3v) is 3.41. The van der Waals surface area contributed by atoms with Crippen LogP contribution in [0.5, 0.6) is 0 Å². The van der Waals surface area contributed by atoms with Gasteiger partial charge in [0.15, 0.2) is 0 Å². The lowest BCUT2D eigenvalue weighted by atomic mass is 9.93. The molecule has 0 unspecified atom stereocenters. The van der Waals surface area contributed by atoms with Crippen molar-refractivity contribution in [3.63, 3.8) is 0 Å². The molecule has 90 valence electrons. The molecule has 16 heavy (non-hydrogen) atoms. The van der Waals surface area contributed by atoms with Crippen molar-refractivity contribution >= 4 is 23.0 Å². The molecular formula is C12H19ClN2O. The molecule has 0 fully saturated rings. The van der Waals surface area contributed by atoms with Crippen LogP contribution in [0.25, 0.3) is 0 Å². The first-order valence-electron chi connectivity index (χ1n) is 5.51. The van der Waals surface area contributed by atoms with E-state index in [0.717, 1.165) is 12.8 Å². The zero-order valence-electron chi connectivity index (χ0n) is 9.76. The average Bonchev–Trinajstić information content (AvgIpc) is 2.30. The Morgan fingerprint density at radius 3 is 2.44 bits per heavy atom. The Bertz CT molecular complexity index is 322. The van der Waals surface area contributed by atoms with E-state index in [4.69, 9.17) is 17.3 Å². The van der Waals surface area contributed by atoms with E-state index in [-0.39, 0.29) is 12.1 Å². The van der Waals surface area contributed by atoms with Crippen LogP contribution < -0.4 is 11.1 Å².